The van der Waals surface area contributed by atoms with Crippen molar-refractivity contribution in [2.75, 3.05) is 0 Å². The molecule has 0 bridgehead atoms. The molecule has 0 amide bonds. The zero-order chi connectivity index (χ0) is 12.5. The van der Waals surface area contributed by atoms with Gasteiger partial charge in [0.05, 0.1) is 5.92 Å². The molecule has 92 valence electrons. The predicted octanol–water partition coefficient (Wildman–Crippen LogP) is 3.20. The molecule has 1 heterocycles. The molecule has 1 aliphatic rings. The van der Waals surface area contributed by atoms with Crippen LogP contribution in [-0.4, -0.2) is 16.1 Å². The van der Waals surface area contributed by atoms with Crippen LogP contribution in [0.2, 0.25) is 0 Å². The van der Waals surface area contributed by atoms with Crippen LogP contribution in [-0.2, 0) is 4.79 Å². The number of aliphatic carboxylic acids is 1. The van der Waals surface area contributed by atoms with Gasteiger partial charge in [-0.2, -0.15) is 0 Å². The van der Waals surface area contributed by atoms with Gasteiger partial charge in [0.25, 0.3) is 0 Å². The maximum atomic E-state index is 11.2. The first-order chi connectivity index (χ1) is 8.75. The fraction of sp³-hybridized carbons (Fsp3) is 0.333. The van der Waals surface area contributed by atoms with Crippen LogP contribution in [0.15, 0.2) is 36.7 Å². The minimum absolute atomic E-state index is 0.167. The van der Waals surface area contributed by atoms with Gasteiger partial charge in [-0.25, -0.2) is 0 Å². The molecule has 3 heteroatoms. The lowest BCUT2D eigenvalue weighted by Crippen LogP contribution is -2.16. The van der Waals surface area contributed by atoms with Gasteiger partial charge in [-0.3, -0.25) is 9.78 Å². The van der Waals surface area contributed by atoms with Crippen LogP contribution >= 0.6 is 0 Å². The quantitative estimate of drug-likeness (QED) is 0.878. The Balaban J connectivity index is 2.01. The van der Waals surface area contributed by atoms with Crippen molar-refractivity contribution in [3.05, 3.63) is 42.2 Å². The minimum atomic E-state index is -0.660. The number of carboxylic acids is 1. The highest BCUT2D eigenvalue weighted by molar-refractivity contribution is 5.82. The molecule has 0 spiro atoms. The monoisotopic (exact) mass is 241 g/mol. The molecule has 0 saturated heterocycles. The number of carbonyl (C=O) groups is 1. The lowest BCUT2D eigenvalue weighted by atomic mass is 9.88. The molecule has 1 saturated carbocycles. The van der Waals surface area contributed by atoms with Gasteiger partial charge in [-0.1, -0.05) is 24.6 Å². The topological polar surface area (TPSA) is 50.2 Å². The van der Waals surface area contributed by atoms with Crippen molar-refractivity contribution in [2.45, 2.75) is 25.2 Å². The highest BCUT2D eigenvalue weighted by atomic mass is 16.4. The number of carboxylic acid groups (broad SMARTS) is 1. The zero-order valence-corrected chi connectivity index (χ0v) is 10.0. The molecule has 3 rings (SSSR count). The Morgan fingerprint density at radius 2 is 2.11 bits per heavy atom. The number of rotatable bonds is 2. The summed E-state index contributed by atoms with van der Waals surface area (Å²) in [5, 5.41) is 11.5. The first kappa shape index (κ1) is 11.2. The van der Waals surface area contributed by atoms with Gasteiger partial charge in [0.15, 0.2) is 0 Å². The number of aromatic nitrogens is 1. The molecule has 1 N–H and O–H groups in total. The van der Waals surface area contributed by atoms with E-state index in [-0.39, 0.29) is 11.8 Å². The fourth-order valence-electron chi connectivity index (χ4n) is 2.99. The Bertz CT molecular complexity index is 594. The van der Waals surface area contributed by atoms with Crippen LogP contribution in [0.1, 0.15) is 30.7 Å². The van der Waals surface area contributed by atoms with E-state index in [2.05, 4.69) is 17.1 Å². The van der Waals surface area contributed by atoms with Crippen molar-refractivity contribution in [2.24, 2.45) is 5.92 Å². The number of fused-ring (bicyclic) bond motifs is 1. The molecule has 2 aromatic rings. The molecule has 1 aromatic heterocycles. The lowest BCUT2D eigenvalue weighted by molar-refractivity contribution is -0.142. The number of hydrogen-bond acceptors (Lipinski definition) is 2. The molecule has 0 unspecified atom stereocenters. The third kappa shape index (κ3) is 1.86. The predicted molar refractivity (Wildman–Crippen MR) is 69.5 cm³/mol. The van der Waals surface area contributed by atoms with E-state index in [9.17, 15) is 9.90 Å². The van der Waals surface area contributed by atoms with Crippen LogP contribution < -0.4 is 0 Å². The van der Waals surface area contributed by atoms with E-state index in [1.807, 2.05) is 18.3 Å². The Morgan fingerprint density at radius 1 is 1.22 bits per heavy atom. The van der Waals surface area contributed by atoms with Gasteiger partial charge < -0.3 is 5.11 Å². The summed E-state index contributed by atoms with van der Waals surface area (Å²) in [5.41, 5.74) is 1.15. The molecular formula is C15H15NO2. The summed E-state index contributed by atoms with van der Waals surface area (Å²) in [4.78, 5) is 15.3. The maximum absolute atomic E-state index is 11.2. The van der Waals surface area contributed by atoms with Gasteiger partial charge in [-0.15, -0.1) is 0 Å². The van der Waals surface area contributed by atoms with Gasteiger partial charge in [0.2, 0.25) is 0 Å². The minimum Gasteiger partial charge on any atom is -0.481 e. The summed E-state index contributed by atoms with van der Waals surface area (Å²) in [5.74, 6) is -0.711. The van der Waals surface area contributed by atoms with Crippen LogP contribution in [0, 0.1) is 5.92 Å². The fourth-order valence-corrected chi connectivity index (χ4v) is 2.99. The third-order valence-electron chi connectivity index (χ3n) is 3.93. The second-order valence-corrected chi connectivity index (χ2v) is 4.96. The maximum Gasteiger partial charge on any atom is 0.307 e. The third-order valence-corrected chi connectivity index (χ3v) is 3.93. The molecule has 2 atom stereocenters. The standard InChI is InChI=1S/C15H15NO2/c17-15(18)14-3-1-2-13(14)11-4-5-12-9-16-7-6-10(12)8-11/h4-9,13-14H,1-3H2,(H,17,18)/t13-,14-/m1/s1. The van der Waals surface area contributed by atoms with Gasteiger partial charge in [0.1, 0.15) is 0 Å². The molecule has 0 aliphatic heterocycles. The van der Waals surface area contributed by atoms with Crippen molar-refractivity contribution in [1.29, 1.82) is 0 Å². The highest BCUT2D eigenvalue weighted by Crippen LogP contribution is 2.40. The van der Waals surface area contributed by atoms with Crippen molar-refractivity contribution in [1.82, 2.24) is 4.98 Å². The van der Waals surface area contributed by atoms with Crippen molar-refractivity contribution in [3.63, 3.8) is 0 Å². The normalized spacial score (nSPS) is 23.3. The first-order valence-electron chi connectivity index (χ1n) is 6.32. The zero-order valence-electron chi connectivity index (χ0n) is 10.0. The van der Waals surface area contributed by atoms with Gasteiger partial charge in [0, 0.05) is 17.8 Å². The highest BCUT2D eigenvalue weighted by Gasteiger charge is 2.33. The van der Waals surface area contributed by atoms with Crippen molar-refractivity contribution < 1.29 is 9.90 Å². The summed E-state index contributed by atoms with van der Waals surface area (Å²) >= 11 is 0. The molecule has 1 fully saturated rings. The Kier molecular flexibility index (Phi) is 2.74. The molecule has 3 nitrogen and oxygen atoms in total. The van der Waals surface area contributed by atoms with E-state index >= 15 is 0 Å². The van der Waals surface area contributed by atoms with Crippen LogP contribution in [0.5, 0.6) is 0 Å². The molecule has 18 heavy (non-hydrogen) atoms. The van der Waals surface area contributed by atoms with Crippen LogP contribution in [0.4, 0.5) is 0 Å². The Morgan fingerprint density at radius 3 is 2.94 bits per heavy atom. The SMILES string of the molecule is O=C(O)[C@@H]1CCC[C@@H]1c1ccc2cnccc2c1. The molecule has 0 radical (unpaired) electrons. The Hall–Kier alpha value is -1.90. The van der Waals surface area contributed by atoms with Gasteiger partial charge in [-0.05, 0) is 35.8 Å². The summed E-state index contributed by atoms with van der Waals surface area (Å²) in [7, 11) is 0. The van der Waals surface area contributed by atoms with E-state index in [0.717, 1.165) is 35.6 Å². The summed E-state index contributed by atoms with van der Waals surface area (Å²) in [6.45, 7) is 0. The first-order valence-corrected chi connectivity index (χ1v) is 6.32. The van der Waals surface area contributed by atoms with Crippen LogP contribution in [0.3, 0.4) is 0 Å². The van der Waals surface area contributed by atoms with Crippen LogP contribution in [0.25, 0.3) is 10.8 Å². The number of pyridine rings is 1. The summed E-state index contributed by atoms with van der Waals surface area (Å²) in [6, 6.07) is 8.18. The van der Waals surface area contributed by atoms with E-state index in [4.69, 9.17) is 0 Å². The smallest absolute Gasteiger partial charge is 0.307 e. The van der Waals surface area contributed by atoms with E-state index in [0.29, 0.717) is 0 Å². The number of hydrogen-bond donors (Lipinski definition) is 1. The second kappa shape index (κ2) is 4.41. The van der Waals surface area contributed by atoms with Gasteiger partial charge >= 0.3 is 5.97 Å². The average Bonchev–Trinajstić information content (AvgIpc) is 2.87. The number of nitrogens with zero attached hydrogens (tertiary/aromatic N) is 1. The number of benzene rings is 1. The van der Waals surface area contributed by atoms with E-state index < -0.39 is 5.97 Å². The second-order valence-electron chi connectivity index (χ2n) is 4.96. The Labute approximate surface area is 105 Å². The van der Waals surface area contributed by atoms with Crippen molar-refractivity contribution in [3.8, 4) is 0 Å². The largest absolute Gasteiger partial charge is 0.481 e. The summed E-state index contributed by atoms with van der Waals surface area (Å²) < 4.78 is 0. The lowest BCUT2D eigenvalue weighted by Gasteiger charge is -2.16. The van der Waals surface area contributed by atoms with Crippen molar-refractivity contribution >= 4 is 16.7 Å². The molecule has 1 aromatic carbocycles. The molecular weight excluding hydrogens is 226 g/mol. The average molecular weight is 241 g/mol. The van der Waals surface area contributed by atoms with E-state index in [1.165, 1.54) is 0 Å². The molecule has 1 aliphatic carbocycles. The summed E-state index contributed by atoms with van der Waals surface area (Å²) in [6.07, 6.45) is 6.40. The van der Waals surface area contributed by atoms with E-state index in [1.54, 1.807) is 6.20 Å².